The molecule has 1 aliphatic rings. The van der Waals surface area contributed by atoms with Crippen LogP contribution in [0.1, 0.15) is 35.7 Å². The maximum atomic E-state index is 11.9. The highest BCUT2D eigenvalue weighted by atomic mass is 32.2. The van der Waals surface area contributed by atoms with E-state index in [-0.39, 0.29) is 5.25 Å². The summed E-state index contributed by atoms with van der Waals surface area (Å²) in [5, 5.41) is 3.88. The van der Waals surface area contributed by atoms with Gasteiger partial charge < -0.3 is 4.74 Å². The van der Waals surface area contributed by atoms with Gasteiger partial charge in [-0.1, -0.05) is 12.1 Å². The second-order valence-electron chi connectivity index (χ2n) is 5.69. The molecule has 128 valence electrons. The summed E-state index contributed by atoms with van der Waals surface area (Å²) in [6, 6.07) is 7.11. The first-order chi connectivity index (χ1) is 11.5. The van der Waals surface area contributed by atoms with Gasteiger partial charge in [-0.25, -0.2) is 13.2 Å². The molecule has 0 bridgehead atoms. The molecule has 1 aromatic heterocycles. The molecule has 0 spiro atoms. The molecule has 1 heterocycles. The summed E-state index contributed by atoms with van der Waals surface area (Å²) in [6.45, 7) is 2.55. The third-order valence-corrected chi connectivity index (χ3v) is 5.54. The van der Waals surface area contributed by atoms with Crippen molar-refractivity contribution in [2.75, 3.05) is 11.3 Å². The number of benzene rings is 1. The molecule has 0 amide bonds. The van der Waals surface area contributed by atoms with Gasteiger partial charge in [0.15, 0.2) is 0 Å². The first-order valence-corrected chi connectivity index (χ1v) is 9.32. The first kappa shape index (κ1) is 16.5. The number of anilines is 1. The lowest BCUT2D eigenvalue weighted by Gasteiger charge is -2.08. The van der Waals surface area contributed by atoms with Crippen LogP contribution in [0.4, 0.5) is 5.69 Å². The molecule has 0 atom stereocenters. The van der Waals surface area contributed by atoms with E-state index in [1.54, 1.807) is 29.9 Å². The lowest BCUT2D eigenvalue weighted by molar-refractivity contribution is 0.0526. The highest BCUT2D eigenvalue weighted by Crippen LogP contribution is 2.29. The molecule has 0 aliphatic heterocycles. The molecule has 1 saturated carbocycles. The van der Waals surface area contributed by atoms with Gasteiger partial charge in [0.2, 0.25) is 10.0 Å². The Morgan fingerprint density at radius 1 is 1.33 bits per heavy atom. The first-order valence-electron chi connectivity index (χ1n) is 7.78. The van der Waals surface area contributed by atoms with E-state index in [4.69, 9.17) is 4.74 Å². The Morgan fingerprint density at radius 3 is 2.67 bits per heavy atom. The predicted molar refractivity (Wildman–Crippen MR) is 89.3 cm³/mol. The highest BCUT2D eigenvalue weighted by Gasteiger charge is 2.35. The number of carbonyl (C=O) groups is 1. The Morgan fingerprint density at radius 2 is 2.04 bits per heavy atom. The lowest BCUT2D eigenvalue weighted by atomic mass is 10.2. The zero-order valence-corrected chi connectivity index (χ0v) is 14.1. The van der Waals surface area contributed by atoms with Gasteiger partial charge in [-0.15, -0.1) is 0 Å². The van der Waals surface area contributed by atoms with Gasteiger partial charge in [0.25, 0.3) is 0 Å². The van der Waals surface area contributed by atoms with Crippen molar-refractivity contribution in [2.24, 2.45) is 0 Å². The van der Waals surface area contributed by atoms with E-state index in [0.717, 1.165) is 18.4 Å². The summed E-state index contributed by atoms with van der Waals surface area (Å²) in [4.78, 5) is 11.6. The maximum absolute atomic E-state index is 11.9. The van der Waals surface area contributed by atoms with E-state index in [2.05, 4.69) is 9.82 Å². The fourth-order valence-electron chi connectivity index (χ4n) is 2.26. The minimum Gasteiger partial charge on any atom is -0.462 e. The number of aromatic nitrogens is 2. The van der Waals surface area contributed by atoms with Gasteiger partial charge in [0, 0.05) is 11.9 Å². The maximum Gasteiger partial charge on any atom is 0.341 e. The third-order valence-electron chi connectivity index (χ3n) is 3.67. The fraction of sp³-hybridized carbons (Fsp3) is 0.375. The lowest BCUT2D eigenvalue weighted by Crippen LogP contribution is -2.17. The van der Waals surface area contributed by atoms with E-state index in [0.29, 0.717) is 24.4 Å². The molecule has 24 heavy (non-hydrogen) atoms. The van der Waals surface area contributed by atoms with Crippen molar-refractivity contribution in [2.45, 2.75) is 31.6 Å². The van der Waals surface area contributed by atoms with Crippen molar-refractivity contribution >= 4 is 21.7 Å². The molecule has 1 aromatic carbocycles. The quantitative estimate of drug-likeness (QED) is 0.772. The number of ether oxygens (including phenoxy) is 1. The Hall–Kier alpha value is -2.35. The summed E-state index contributed by atoms with van der Waals surface area (Å²) >= 11 is 0. The summed E-state index contributed by atoms with van der Waals surface area (Å²) in [7, 11) is -3.24. The van der Waals surface area contributed by atoms with Gasteiger partial charge >= 0.3 is 5.97 Å². The second-order valence-corrected chi connectivity index (χ2v) is 7.65. The molecule has 0 unspecified atom stereocenters. The summed E-state index contributed by atoms with van der Waals surface area (Å²) in [5.41, 5.74) is 1.91. The number of hydrogen-bond acceptors (Lipinski definition) is 5. The van der Waals surface area contributed by atoms with Crippen molar-refractivity contribution in [3.63, 3.8) is 0 Å². The van der Waals surface area contributed by atoms with Crippen LogP contribution >= 0.6 is 0 Å². The van der Waals surface area contributed by atoms with Crippen LogP contribution < -0.4 is 4.72 Å². The molecule has 2 aromatic rings. The van der Waals surface area contributed by atoms with E-state index < -0.39 is 16.0 Å². The minimum absolute atomic E-state index is 0.248. The van der Waals surface area contributed by atoms with E-state index in [1.165, 1.54) is 6.20 Å². The molecular formula is C16H19N3O4S. The number of esters is 1. The average Bonchev–Trinajstić information content (AvgIpc) is 3.31. The second kappa shape index (κ2) is 6.64. The van der Waals surface area contributed by atoms with Crippen LogP contribution in [0.25, 0.3) is 0 Å². The number of rotatable bonds is 7. The number of nitrogens with zero attached hydrogens (tertiary/aromatic N) is 2. The summed E-state index contributed by atoms with van der Waals surface area (Å²) < 4.78 is 32.9. The standard InChI is InChI=1S/C16H19N3O4S/c1-2-23-16(20)13-9-17-19(11-13)10-12-3-5-14(6-4-12)18-24(21,22)15-7-8-15/h3-6,9,11,15,18H,2,7-8,10H2,1H3. The summed E-state index contributed by atoms with van der Waals surface area (Å²) in [6.07, 6.45) is 4.56. The van der Waals surface area contributed by atoms with Crippen LogP contribution in [-0.2, 0) is 21.3 Å². The van der Waals surface area contributed by atoms with Crippen molar-refractivity contribution < 1.29 is 17.9 Å². The predicted octanol–water partition coefficient (Wildman–Crippen LogP) is 2.01. The molecular weight excluding hydrogens is 330 g/mol. The number of sulfonamides is 1. The van der Waals surface area contributed by atoms with E-state index in [9.17, 15) is 13.2 Å². The molecule has 8 heteroatoms. The zero-order valence-electron chi connectivity index (χ0n) is 13.3. The van der Waals surface area contributed by atoms with Gasteiger partial charge in [-0.2, -0.15) is 5.10 Å². The Bertz CT molecular complexity index is 823. The van der Waals surface area contributed by atoms with Crippen LogP contribution in [-0.4, -0.2) is 36.0 Å². The van der Waals surface area contributed by atoms with Crippen molar-refractivity contribution in [3.8, 4) is 0 Å². The Labute approximate surface area is 140 Å². The van der Waals surface area contributed by atoms with Crippen LogP contribution in [0.3, 0.4) is 0 Å². The van der Waals surface area contributed by atoms with Gasteiger partial charge in [-0.3, -0.25) is 9.40 Å². The smallest absolute Gasteiger partial charge is 0.341 e. The minimum atomic E-state index is -3.24. The molecule has 1 N–H and O–H groups in total. The van der Waals surface area contributed by atoms with Crippen molar-refractivity contribution in [1.29, 1.82) is 0 Å². The normalized spacial score (nSPS) is 14.4. The molecule has 1 aliphatic carbocycles. The SMILES string of the molecule is CCOC(=O)c1cnn(Cc2ccc(NS(=O)(=O)C3CC3)cc2)c1. The van der Waals surface area contributed by atoms with Crippen molar-refractivity contribution in [3.05, 3.63) is 47.8 Å². The largest absolute Gasteiger partial charge is 0.462 e. The van der Waals surface area contributed by atoms with Crippen molar-refractivity contribution in [1.82, 2.24) is 9.78 Å². The Balaban J connectivity index is 1.63. The molecule has 0 saturated heterocycles. The van der Waals surface area contributed by atoms with Crippen LogP contribution in [0, 0.1) is 0 Å². The van der Waals surface area contributed by atoms with Crippen LogP contribution in [0.5, 0.6) is 0 Å². The Kier molecular flexibility index (Phi) is 4.57. The molecule has 0 radical (unpaired) electrons. The van der Waals surface area contributed by atoms with Gasteiger partial charge in [0.05, 0.1) is 30.2 Å². The average molecular weight is 349 g/mol. The number of carbonyl (C=O) groups excluding carboxylic acids is 1. The molecule has 3 rings (SSSR count). The number of hydrogen-bond donors (Lipinski definition) is 1. The van der Waals surface area contributed by atoms with Gasteiger partial charge in [0.1, 0.15) is 0 Å². The summed E-state index contributed by atoms with van der Waals surface area (Å²) in [5.74, 6) is -0.395. The number of nitrogens with one attached hydrogen (secondary N) is 1. The van der Waals surface area contributed by atoms with Crippen LogP contribution in [0.2, 0.25) is 0 Å². The monoisotopic (exact) mass is 349 g/mol. The van der Waals surface area contributed by atoms with Crippen LogP contribution in [0.15, 0.2) is 36.7 Å². The van der Waals surface area contributed by atoms with Gasteiger partial charge in [-0.05, 0) is 37.5 Å². The molecule has 7 nitrogen and oxygen atoms in total. The van der Waals surface area contributed by atoms with E-state index in [1.807, 2.05) is 12.1 Å². The fourth-order valence-corrected chi connectivity index (χ4v) is 3.65. The zero-order chi connectivity index (χ0) is 17.2. The van der Waals surface area contributed by atoms with E-state index >= 15 is 0 Å². The topological polar surface area (TPSA) is 90.3 Å². The molecule has 1 fully saturated rings. The third kappa shape index (κ3) is 3.94. The highest BCUT2D eigenvalue weighted by molar-refractivity contribution is 7.93.